The van der Waals surface area contributed by atoms with Crippen LogP contribution in [0.1, 0.15) is 22.3 Å². The predicted octanol–water partition coefficient (Wildman–Crippen LogP) is 12.2. The van der Waals surface area contributed by atoms with Crippen LogP contribution in [0.3, 0.4) is 0 Å². The normalized spacial score (nSPS) is 13.1. The van der Waals surface area contributed by atoms with E-state index in [0.717, 1.165) is 55.2 Å². The van der Waals surface area contributed by atoms with Gasteiger partial charge in [-0.15, -0.1) is 0 Å². The number of nitrogens with zero attached hydrogens (tertiary/aromatic N) is 3. The second kappa shape index (κ2) is 11.5. The maximum absolute atomic E-state index is 5.52. The van der Waals surface area contributed by atoms with Crippen molar-refractivity contribution in [1.29, 1.82) is 0 Å². The number of hydrogen-bond acceptors (Lipinski definition) is 3. The second-order valence-electron chi connectivity index (χ2n) is 13.9. The highest BCUT2D eigenvalue weighted by Crippen LogP contribution is 2.58. The van der Waals surface area contributed by atoms with Gasteiger partial charge in [-0.1, -0.05) is 164 Å². The average Bonchev–Trinajstić information content (AvgIpc) is 3.55. The van der Waals surface area contributed by atoms with Gasteiger partial charge in [0.1, 0.15) is 0 Å². The third-order valence-electron chi connectivity index (χ3n) is 11.2. The Kier molecular flexibility index (Phi) is 6.47. The highest BCUT2D eigenvalue weighted by atomic mass is 14.8. The quantitative estimate of drug-likeness (QED) is 0.175. The van der Waals surface area contributed by atoms with E-state index in [2.05, 4.69) is 181 Å². The Hall–Kier alpha value is -6.97. The first kappa shape index (κ1) is 29.7. The molecule has 0 N–H and O–H groups in total. The van der Waals surface area contributed by atoms with Crippen LogP contribution in [0, 0.1) is 0 Å². The van der Waals surface area contributed by atoms with E-state index in [4.69, 9.17) is 9.97 Å². The standard InChI is InChI=1S/C50H31N3/c1-3-13-36(14-4-1)50(37-15-5-2-6-16-37)42-20-10-9-17-38(42)40-28-30-44-45(46(40)50)39-18-7-8-19-41(39)47(53-44)34-23-21-32(22-24-34)43-29-27-35-26-25-33-12-11-31-51-48(33)49(35)52-43/h1-31H. The number of pyridine rings is 3. The summed E-state index contributed by atoms with van der Waals surface area (Å²) in [6, 6.07) is 65.5. The minimum absolute atomic E-state index is 0.519. The number of hydrogen-bond donors (Lipinski definition) is 0. The minimum Gasteiger partial charge on any atom is -0.254 e. The van der Waals surface area contributed by atoms with E-state index in [9.17, 15) is 0 Å². The largest absolute Gasteiger partial charge is 0.254 e. The maximum atomic E-state index is 5.52. The van der Waals surface area contributed by atoms with E-state index in [0.29, 0.717) is 0 Å². The molecule has 1 aliphatic rings. The van der Waals surface area contributed by atoms with E-state index >= 15 is 0 Å². The monoisotopic (exact) mass is 673 g/mol. The Balaban J connectivity index is 1.13. The number of rotatable bonds is 4. The van der Waals surface area contributed by atoms with E-state index in [-0.39, 0.29) is 0 Å². The van der Waals surface area contributed by atoms with Gasteiger partial charge in [0.05, 0.1) is 33.4 Å². The molecule has 0 radical (unpaired) electrons. The van der Waals surface area contributed by atoms with E-state index in [1.165, 1.54) is 44.2 Å². The molecule has 53 heavy (non-hydrogen) atoms. The van der Waals surface area contributed by atoms with E-state index < -0.39 is 5.41 Å². The Morgan fingerprint density at radius 1 is 0.415 bits per heavy atom. The van der Waals surface area contributed by atoms with Crippen molar-refractivity contribution in [1.82, 2.24) is 15.0 Å². The molecule has 3 nitrogen and oxygen atoms in total. The molecule has 0 saturated carbocycles. The summed E-state index contributed by atoms with van der Waals surface area (Å²) in [5.74, 6) is 0. The first-order chi connectivity index (χ1) is 26.3. The Bertz CT molecular complexity index is 3000. The van der Waals surface area contributed by atoms with Crippen LogP contribution in [0.4, 0.5) is 0 Å². The summed E-state index contributed by atoms with van der Waals surface area (Å²) in [5, 5.41) is 5.71. The van der Waals surface area contributed by atoms with Crippen molar-refractivity contribution in [2.75, 3.05) is 0 Å². The van der Waals surface area contributed by atoms with Gasteiger partial charge >= 0.3 is 0 Å². The van der Waals surface area contributed by atoms with Crippen molar-refractivity contribution in [2.24, 2.45) is 0 Å². The molecule has 7 aromatic carbocycles. The van der Waals surface area contributed by atoms with Crippen LogP contribution < -0.4 is 0 Å². The van der Waals surface area contributed by atoms with Crippen molar-refractivity contribution in [3.63, 3.8) is 0 Å². The Labute approximate surface area is 306 Å². The highest BCUT2D eigenvalue weighted by molar-refractivity contribution is 6.16. The zero-order chi connectivity index (χ0) is 34.9. The van der Waals surface area contributed by atoms with Gasteiger partial charge in [-0.2, -0.15) is 0 Å². The molecule has 3 heterocycles. The van der Waals surface area contributed by atoms with Crippen LogP contribution in [0.2, 0.25) is 0 Å². The minimum atomic E-state index is -0.519. The molecule has 0 saturated heterocycles. The molecule has 11 rings (SSSR count). The van der Waals surface area contributed by atoms with Gasteiger partial charge in [0, 0.05) is 38.9 Å². The highest BCUT2D eigenvalue weighted by Gasteiger charge is 2.47. The van der Waals surface area contributed by atoms with Crippen LogP contribution in [0.25, 0.3) is 77.1 Å². The lowest BCUT2D eigenvalue weighted by atomic mass is 9.66. The first-order valence-electron chi connectivity index (χ1n) is 18.1. The summed E-state index contributed by atoms with van der Waals surface area (Å²) < 4.78 is 0. The van der Waals surface area contributed by atoms with Gasteiger partial charge in [-0.3, -0.25) is 4.98 Å². The first-order valence-corrected chi connectivity index (χ1v) is 18.1. The molecule has 0 atom stereocenters. The summed E-state index contributed by atoms with van der Waals surface area (Å²) >= 11 is 0. The van der Waals surface area contributed by atoms with Crippen LogP contribution in [0.15, 0.2) is 188 Å². The summed E-state index contributed by atoms with van der Waals surface area (Å²) in [7, 11) is 0. The molecule has 1 aliphatic carbocycles. The summed E-state index contributed by atoms with van der Waals surface area (Å²) in [6.07, 6.45) is 1.84. The molecule has 10 aromatic rings. The molecular formula is C50H31N3. The van der Waals surface area contributed by atoms with E-state index in [1.54, 1.807) is 0 Å². The lowest BCUT2D eigenvalue weighted by molar-refractivity contribution is 0.776. The predicted molar refractivity (Wildman–Crippen MR) is 218 cm³/mol. The summed E-state index contributed by atoms with van der Waals surface area (Å²) in [5.41, 5.74) is 14.0. The smallest absolute Gasteiger partial charge is 0.0972 e. The topological polar surface area (TPSA) is 38.7 Å². The molecule has 0 unspecified atom stereocenters. The van der Waals surface area contributed by atoms with Gasteiger partial charge in [0.2, 0.25) is 0 Å². The average molecular weight is 674 g/mol. The van der Waals surface area contributed by atoms with Crippen LogP contribution in [0.5, 0.6) is 0 Å². The van der Waals surface area contributed by atoms with Crippen LogP contribution in [-0.4, -0.2) is 15.0 Å². The number of fused-ring (bicyclic) bond motifs is 10. The van der Waals surface area contributed by atoms with Gasteiger partial charge < -0.3 is 0 Å². The molecule has 0 amide bonds. The van der Waals surface area contributed by atoms with Crippen molar-refractivity contribution < 1.29 is 0 Å². The molecule has 3 aromatic heterocycles. The second-order valence-corrected chi connectivity index (χ2v) is 13.9. The molecule has 0 spiro atoms. The Morgan fingerprint density at radius 2 is 1.06 bits per heavy atom. The zero-order valence-corrected chi connectivity index (χ0v) is 28.7. The maximum Gasteiger partial charge on any atom is 0.0972 e. The fourth-order valence-corrected chi connectivity index (χ4v) is 8.89. The van der Waals surface area contributed by atoms with Crippen LogP contribution in [-0.2, 0) is 5.41 Å². The van der Waals surface area contributed by atoms with Gasteiger partial charge in [0.15, 0.2) is 0 Å². The SMILES string of the molecule is c1ccc(C2(c3ccccc3)c3ccccc3-c3ccc4nc(-c5ccc(-c6ccc7ccc8cccnc8c7n6)cc5)c5ccccc5c4c32)cc1. The number of aromatic nitrogens is 3. The van der Waals surface area contributed by atoms with E-state index in [1.807, 2.05) is 12.3 Å². The van der Waals surface area contributed by atoms with Crippen molar-refractivity contribution >= 4 is 43.5 Å². The van der Waals surface area contributed by atoms with Crippen molar-refractivity contribution in [3.8, 4) is 33.6 Å². The third-order valence-corrected chi connectivity index (χ3v) is 11.2. The van der Waals surface area contributed by atoms with Gasteiger partial charge in [-0.05, 0) is 57.0 Å². The fraction of sp³-hybridized carbons (Fsp3) is 0.0200. The lowest BCUT2D eigenvalue weighted by Gasteiger charge is -2.34. The summed E-state index contributed by atoms with van der Waals surface area (Å²) in [6.45, 7) is 0. The van der Waals surface area contributed by atoms with Crippen molar-refractivity contribution in [3.05, 3.63) is 210 Å². The molecule has 0 aliphatic heterocycles. The number of benzene rings is 7. The third kappa shape index (κ3) is 4.31. The zero-order valence-electron chi connectivity index (χ0n) is 28.7. The van der Waals surface area contributed by atoms with Crippen LogP contribution >= 0.6 is 0 Å². The molecule has 0 bridgehead atoms. The Morgan fingerprint density at radius 3 is 1.83 bits per heavy atom. The molecular weight excluding hydrogens is 643 g/mol. The van der Waals surface area contributed by atoms with Gasteiger partial charge in [0.25, 0.3) is 0 Å². The molecule has 3 heteroatoms. The van der Waals surface area contributed by atoms with Gasteiger partial charge in [-0.25, -0.2) is 9.97 Å². The molecule has 0 fully saturated rings. The summed E-state index contributed by atoms with van der Waals surface area (Å²) in [4.78, 5) is 15.3. The molecule has 246 valence electrons. The van der Waals surface area contributed by atoms with Crippen molar-refractivity contribution in [2.45, 2.75) is 5.41 Å². The lowest BCUT2D eigenvalue weighted by Crippen LogP contribution is -2.28. The fourth-order valence-electron chi connectivity index (χ4n) is 8.89.